The third kappa shape index (κ3) is 0.980. The van der Waals surface area contributed by atoms with Crippen molar-refractivity contribution in [2.45, 2.75) is 19.4 Å². The zero-order valence-corrected chi connectivity index (χ0v) is 4.92. The van der Waals surface area contributed by atoms with Crippen LogP contribution in [0.4, 0.5) is 0 Å². The van der Waals surface area contributed by atoms with Gasteiger partial charge in [0.2, 0.25) is 0 Å². The van der Waals surface area contributed by atoms with E-state index in [1.54, 1.807) is 0 Å². The molecule has 0 aromatic rings. The second-order valence-corrected chi connectivity index (χ2v) is 1.99. The summed E-state index contributed by atoms with van der Waals surface area (Å²) < 4.78 is 0. The van der Waals surface area contributed by atoms with E-state index in [-0.39, 0.29) is 6.10 Å². The standard InChI is InChI=1S/C5H10N2O/c1-4-2-5(3-6)8-7-4/h5H,2-3,6H2,1H3/t5-/m1/s1. The largest absolute Gasteiger partial charge is 0.391 e. The molecule has 1 aliphatic heterocycles. The van der Waals surface area contributed by atoms with Crippen molar-refractivity contribution in [3.05, 3.63) is 0 Å². The van der Waals surface area contributed by atoms with Crippen LogP contribution in [0.15, 0.2) is 5.16 Å². The summed E-state index contributed by atoms with van der Waals surface area (Å²) in [6, 6.07) is 0. The molecule has 0 aromatic heterocycles. The maximum absolute atomic E-state index is 5.30. The maximum atomic E-state index is 5.30. The van der Waals surface area contributed by atoms with E-state index in [4.69, 9.17) is 10.6 Å². The van der Waals surface area contributed by atoms with Gasteiger partial charge in [-0.25, -0.2) is 0 Å². The molecule has 2 N–H and O–H groups in total. The van der Waals surface area contributed by atoms with Crippen LogP contribution in [0.5, 0.6) is 0 Å². The molecule has 3 nitrogen and oxygen atoms in total. The lowest BCUT2D eigenvalue weighted by atomic mass is 10.2. The molecule has 46 valence electrons. The van der Waals surface area contributed by atoms with Gasteiger partial charge in [0, 0.05) is 13.0 Å². The molecule has 1 atom stereocenters. The Kier molecular flexibility index (Phi) is 1.48. The smallest absolute Gasteiger partial charge is 0.145 e. The summed E-state index contributed by atoms with van der Waals surface area (Å²) in [5.74, 6) is 0. The molecule has 0 amide bonds. The topological polar surface area (TPSA) is 47.6 Å². The Labute approximate surface area is 48.5 Å². The van der Waals surface area contributed by atoms with Crippen molar-refractivity contribution in [1.82, 2.24) is 0 Å². The first-order valence-corrected chi connectivity index (χ1v) is 2.72. The van der Waals surface area contributed by atoms with Gasteiger partial charge in [-0.1, -0.05) is 5.16 Å². The van der Waals surface area contributed by atoms with Crippen LogP contribution in [0.3, 0.4) is 0 Å². The van der Waals surface area contributed by atoms with Crippen LogP contribution in [0, 0.1) is 0 Å². The van der Waals surface area contributed by atoms with Gasteiger partial charge in [-0.3, -0.25) is 0 Å². The summed E-state index contributed by atoms with van der Waals surface area (Å²) in [7, 11) is 0. The van der Waals surface area contributed by atoms with Crippen molar-refractivity contribution in [1.29, 1.82) is 0 Å². The molecular weight excluding hydrogens is 104 g/mol. The molecule has 0 radical (unpaired) electrons. The lowest BCUT2D eigenvalue weighted by Gasteiger charge is -2.00. The van der Waals surface area contributed by atoms with Gasteiger partial charge < -0.3 is 10.6 Å². The van der Waals surface area contributed by atoms with Gasteiger partial charge in [0.1, 0.15) is 6.10 Å². The minimum absolute atomic E-state index is 0.148. The van der Waals surface area contributed by atoms with Crippen molar-refractivity contribution >= 4 is 5.71 Å². The number of oxime groups is 1. The van der Waals surface area contributed by atoms with E-state index in [2.05, 4.69) is 5.16 Å². The summed E-state index contributed by atoms with van der Waals surface area (Å²) >= 11 is 0. The lowest BCUT2D eigenvalue weighted by Crippen LogP contribution is -2.19. The average molecular weight is 114 g/mol. The third-order valence-electron chi connectivity index (χ3n) is 1.14. The molecule has 1 rings (SSSR count). The van der Waals surface area contributed by atoms with E-state index in [1.165, 1.54) is 0 Å². The number of nitrogens with two attached hydrogens (primary N) is 1. The normalized spacial score (nSPS) is 27.2. The van der Waals surface area contributed by atoms with E-state index in [1.807, 2.05) is 6.92 Å². The monoisotopic (exact) mass is 114 g/mol. The van der Waals surface area contributed by atoms with Crippen LogP contribution < -0.4 is 5.73 Å². The highest BCUT2D eigenvalue weighted by Crippen LogP contribution is 2.07. The van der Waals surface area contributed by atoms with Crippen molar-refractivity contribution in [3.63, 3.8) is 0 Å². The zero-order valence-electron chi connectivity index (χ0n) is 4.92. The predicted molar refractivity (Wildman–Crippen MR) is 31.7 cm³/mol. The molecule has 0 unspecified atom stereocenters. The molecule has 3 heteroatoms. The molecule has 0 saturated carbocycles. The molecule has 0 aliphatic carbocycles. The van der Waals surface area contributed by atoms with Crippen LogP contribution in [0.2, 0.25) is 0 Å². The highest BCUT2D eigenvalue weighted by Gasteiger charge is 2.14. The van der Waals surface area contributed by atoms with Crippen molar-refractivity contribution in [2.75, 3.05) is 6.54 Å². The van der Waals surface area contributed by atoms with Gasteiger partial charge in [-0.15, -0.1) is 0 Å². The minimum atomic E-state index is 0.148. The van der Waals surface area contributed by atoms with Crippen molar-refractivity contribution < 1.29 is 4.84 Å². The van der Waals surface area contributed by atoms with Crippen LogP contribution in [0.25, 0.3) is 0 Å². The molecule has 1 heterocycles. The van der Waals surface area contributed by atoms with Gasteiger partial charge in [-0.2, -0.15) is 0 Å². The third-order valence-corrected chi connectivity index (χ3v) is 1.14. The minimum Gasteiger partial charge on any atom is -0.391 e. The molecule has 8 heavy (non-hydrogen) atoms. The molecule has 0 spiro atoms. The first-order chi connectivity index (χ1) is 3.83. The first kappa shape index (κ1) is 5.56. The molecule has 0 saturated heterocycles. The van der Waals surface area contributed by atoms with E-state index < -0.39 is 0 Å². The summed E-state index contributed by atoms with van der Waals surface area (Å²) in [6.45, 7) is 2.51. The Morgan fingerprint density at radius 1 is 2.00 bits per heavy atom. The molecule has 1 aliphatic rings. The SMILES string of the molecule is CC1=NO[C@@H](CN)C1. The number of rotatable bonds is 1. The fraction of sp³-hybridized carbons (Fsp3) is 0.800. The van der Waals surface area contributed by atoms with E-state index in [0.29, 0.717) is 6.54 Å². The van der Waals surface area contributed by atoms with Crippen LogP contribution in [-0.4, -0.2) is 18.4 Å². The van der Waals surface area contributed by atoms with E-state index in [0.717, 1.165) is 12.1 Å². The zero-order chi connectivity index (χ0) is 5.98. The molecule has 0 bridgehead atoms. The quantitative estimate of drug-likeness (QED) is 0.526. The average Bonchev–Trinajstić information content (AvgIpc) is 2.14. The molecule has 0 fully saturated rings. The van der Waals surface area contributed by atoms with Gasteiger partial charge in [-0.05, 0) is 6.92 Å². The second-order valence-electron chi connectivity index (χ2n) is 1.99. The highest BCUT2D eigenvalue weighted by atomic mass is 16.6. The van der Waals surface area contributed by atoms with Crippen molar-refractivity contribution in [2.24, 2.45) is 10.9 Å². The van der Waals surface area contributed by atoms with Gasteiger partial charge in [0.15, 0.2) is 0 Å². The van der Waals surface area contributed by atoms with Gasteiger partial charge in [0.05, 0.1) is 5.71 Å². The van der Waals surface area contributed by atoms with Crippen LogP contribution in [-0.2, 0) is 4.84 Å². The number of hydrogen-bond acceptors (Lipinski definition) is 3. The molecular formula is C5H10N2O. The summed E-state index contributed by atoms with van der Waals surface area (Å²) in [4.78, 5) is 4.88. The Bertz CT molecular complexity index is 111. The number of hydrogen-bond donors (Lipinski definition) is 1. The summed E-state index contributed by atoms with van der Waals surface area (Å²) in [6.07, 6.45) is 1.05. The summed E-state index contributed by atoms with van der Waals surface area (Å²) in [5, 5.41) is 3.73. The molecule has 0 aromatic carbocycles. The van der Waals surface area contributed by atoms with Crippen LogP contribution >= 0.6 is 0 Å². The van der Waals surface area contributed by atoms with Gasteiger partial charge in [0.25, 0.3) is 0 Å². The Morgan fingerprint density at radius 3 is 3.00 bits per heavy atom. The Balaban J connectivity index is 2.32. The maximum Gasteiger partial charge on any atom is 0.145 e. The predicted octanol–water partition coefficient (Wildman–Crippen LogP) is 0.110. The van der Waals surface area contributed by atoms with Gasteiger partial charge >= 0.3 is 0 Å². The summed E-state index contributed by atoms with van der Waals surface area (Å²) in [5.41, 5.74) is 6.34. The highest BCUT2D eigenvalue weighted by molar-refractivity contribution is 5.82. The van der Waals surface area contributed by atoms with E-state index in [9.17, 15) is 0 Å². The lowest BCUT2D eigenvalue weighted by molar-refractivity contribution is 0.0918. The van der Waals surface area contributed by atoms with E-state index >= 15 is 0 Å². The van der Waals surface area contributed by atoms with Crippen molar-refractivity contribution in [3.8, 4) is 0 Å². The van der Waals surface area contributed by atoms with Crippen LogP contribution in [0.1, 0.15) is 13.3 Å². The second kappa shape index (κ2) is 2.13. The Morgan fingerprint density at radius 2 is 2.75 bits per heavy atom. The fourth-order valence-electron chi connectivity index (χ4n) is 0.695. The first-order valence-electron chi connectivity index (χ1n) is 2.72. The fourth-order valence-corrected chi connectivity index (χ4v) is 0.695. The Hall–Kier alpha value is -0.570. The number of nitrogens with zero attached hydrogens (tertiary/aromatic N) is 1.